The van der Waals surface area contributed by atoms with Crippen LogP contribution in [0.15, 0.2) is 30.3 Å². The number of hydrogen-bond acceptors (Lipinski definition) is 1. The van der Waals surface area contributed by atoms with E-state index in [2.05, 4.69) is 35.6 Å². The summed E-state index contributed by atoms with van der Waals surface area (Å²) in [6.07, 6.45) is 1.41. The Morgan fingerprint density at radius 1 is 1.25 bits per heavy atom. The topological polar surface area (TPSA) is 12.0 Å². The second-order valence-electron chi connectivity index (χ2n) is 4.05. The Bertz CT molecular complexity index is 293. The van der Waals surface area contributed by atoms with Crippen LogP contribution in [-0.4, -0.2) is 13.1 Å². The predicted octanol–water partition coefficient (Wildman–Crippen LogP) is 1.55. The molecule has 1 aromatic carbocycles. The normalized spacial score (nSPS) is 37.8. The molecule has 1 aliphatic heterocycles. The van der Waals surface area contributed by atoms with E-state index in [1.165, 1.54) is 19.5 Å². The molecule has 12 heavy (non-hydrogen) atoms. The van der Waals surface area contributed by atoms with Crippen molar-refractivity contribution in [1.29, 1.82) is 0 Å². The summed E-state index contributed by atoms with van der Waals surface area (Å²) in [7, 11) is 0. The maximum atomic E-state index is 3.46. The Labute approximate surface area is 72.8 Å². The fourth-order valence-electron chi connectivity index (χ4n) is 2.56. The van der Waals surface area contributed by atoms with Crippen molar-refractivity contribution in [2.45, 2.75) is 11.8 Å². The molecule has 1 saturated heterocycles. The molecular weight excluding hydrogens is 146 g/mol. The Morgan fingerprint density at radius 3 is 2.67 bits per heavy atom. The highest BCUT2D eigenvalue weighted by molar-refractivity contribution is 5.36. The molecular formula is C11H13N. The first-order chi connectivity index (χ1) is 5.92. The maximum Gasteiger partial charge on any atom is 0.0122 e. The molecule has 2 fully saturated rings. The van der Waals surface area contributed by atoms with Crippen molar-refractivity contribution < 1.29 is 0 Å². The first kappa shape index (κ1) is 6.67. The lowest BCUT2D eigenvalue weighted by Crippen LogP contribution is -2.18. The van der Waals surface area contributed by atoms with E-state index in [4.69, 9.17) is 0 Å². The molecule has 0 spiro atoms. The Morgan fingerprint density at radius 2 is 2.08 bits per heavy atom. The summed E-state index contributed by atoms with van der Waals surface area (Å²) in [5.41, 5.74) is 2.08. The Hall–Kier alpha value is -0.820. The number of piperidine rings is 1. The monoisotopic (exact) mass is 159 g/mol. The summed E-state index contributed by atoms with van der Waals surface area (Å²) in [5, 5.41) is 3.46. The van der Waals surface area contributed by atoms with Gasteiger partial charge in [0.15, 0.2) is 0 Å². The van der Waals surface area contributed by atoms with E-state index in [0.29, 0.717) is 5.41 Å². The van der Waals surface area contributed by atoms with E-state index in [9.17, 15) is 0 Å². The first-order valence-corrected chi connectivity index (χ1v) is 4.68. The van der Waals surface area contributed by atoms with E-state index in [0.717, 1.165) is 5.92 Å². The number of benzene rings is 1. The van der Waals surface area contributed by atoms with Gasteiger partial charge in [-0.3, -0.25) is 0 Å². The summed E-state index contributed by atoms with van der Waals surface area (Å²) >= 11 is 0. The fraction of sp³-hybridized carbons (Fsp3) is 0.455. The van der Waals surface area contributed by atoms with Crippen LogP contribution in [0.4, 0.5) is 0 Å². The highest BCUT2D eigenvalue weighted by atomic mass is 15.0. The zero-order chi connectivity index (χ0) is 8.02. The molecule has 0 radical (unpaired) electrons. The molecule has 2 atom stereocenters. The highest BCUT2D eigenvalue weighted by Gasteiger charge is 2.57. The zero-order valence-electron chi connectivity index (χ0n) is 7.09. The number of fused-ring (bicyclic) bond motifs is 1. The number of hydrogen-bond donors (Lipinski definition) is 1. The lowest BCUT2D eigenvalue weighted by atomic mass is 9.95. The minimum atomic E-state index is 0.543. The van der Waals surface area contributed by atoms with E-state index < -0.39 is 0 Å². The van der Waals surface area contributed by atoms with E-state index in [1.807, 2.05) is 0 Å². The van der Waals surface area contributed by atoms with Crippen LogP contribution < -0.4 is 5.32 Å². The van der Waals surface area contributed by atoms with Gasteiger partial charge in [0.25, 0.3) is 0 Å². The molecule has 1 aliphatic carbocycles. The van der Waals surface area contributed by atoms with Crippen molar-refractivity contribution in [3.63, 3.8) is 0 Å². The minimum Gasteiger partial charge on any atom is -0.316 e. The van der Waals surface area contributed by atoms with Crippen molar-refractivity contribution >= 4 is 0 Å². The highest BCUT2D eigenvalue weighted by Crippen LogP contribution is 2.56. The summed E-state index contributed by atoms with van der Waals surface area (Å²) in [6.45, 7) is 2.43. The number of rotatable bonds is 1. The SMILES string of the molecule is c1ccc(C23CNC[C@H]2C3)cc1. The molecule has 3 rings (SSSR count). The second-order valence-corrected chi connectivity index (χ2v) is 4.05. The van der Waals surface area contributed by atoms with Crippen molar-refractivity contribution in [1.82, 2.24) is 5.32 Å². The van der Waals surface area contributed by atoms with Gasteiger partial charge in [-0.05, 0) is 24.4 Å². The maximum absolute atomic E-state index is 3.46. The third-order valence-electron chi connectivity index (χ3n) is 3.41. The molecule has 1 saturated carbocycles. The van der Waals surface area contributed by atoms with Crippen molar-refractivity contribution in [2.75, 3.05) is 13.1 Å². The van der Waals surface area contributed by atoms with Crippen molar-refractivity contribution in [2.24, 2.45) is 5.92 Å². The van der Waals surface area contributed by atoms with Gasteiger partial charge in [0, 0.05) is 12.0 Å². The largest absolute Gasteiger partial charge is 0.316 e. The third-order valence-corrected chi connectivity index (χ3v) is 3.41. The average Bonchev–Trinajstić information content (AvgIpc) is 2.72. The first-order valence-electron chi connectivity index (χ1n) is 4.68. The van der Waals surface area contributed by atoms with Crippen molar-refractivity contribution in [3.05, 3.63) is 35.9 Å². The molecule has 1 nitrogen and oxygen atoms in total. The van der Waals surface area contributed by atoms with Crippen LogP contribution in [-0.2, 0) is 5.41 Å². The van der Waals surface area contributed by atoms with Crippen LogP contribution in [0.3, 0.4) is 0 Å². The molecule has 62 valence electrons. The van der Waals surface area contributed by atoms with Crippen LogP contribution in [0, 0.1) is 5.92 Å². The summed E-state index contributed by atoms with van der Waals surface area (Å²) < 4.78 is 0. The summed E-state index contributed by atoms with van der Waals surface area (Å²) in [4.78, 5) is 0. The standard InChI is InChI=1S/C11H13N/c1-2-4-9(5-3-1)11-6-10(11)7-12-8-11/h1-5,10,12H,6-8H2/t10-,11?/m1/s1. The Kier molecular flexibility index (Phi) is 1.17. The molecule has 1 aromatic rings. The molecule has 1 unspecified atom stereocenters. The molecule has 1 N–H and O–H groups in total. The summed E-state index contributed by atoms with van der Waals surface area (Å²) in [5.74, 6) is 0.930. The van der Waals surface area contributed by atoms with Gasteiger partial charge in [-0.1, -0.05) is 30.3 Å². The molecule has 2 aliphatic rings. The molecule has 0 aromatic heterocycles. The fourth-order valence-corrected chi connectivity index (χ4v) is 2.56. The van der Waals surface area contributed by atoms with Gasteiger partial charge in [0.1, 0.15) is 0 Å². The zero-order valence-corrected chi connectivity index (χ0v) is 7.09. The van der Waals surface area contributed by atoms with Gasteiger partial charge < -0.3 is 5.32 Å². The Balaban J connectivity index is 2.00. The lowest BCUT2D eigenvalue weighted by Gasteiger charge is -2.10. The van der Waals surface area contributed by atoms with Crippen LogP contribution in [0.2, 0.25) is 0 Å². The molecule has 0 amide bonds. The lowest BCUT2D eigenvalue weighted by molar-refractivity contribution is 0.675. The molecule has 1 heterocycles. The van der Waals surface area contributed by atoms with E-state index in [1.54, 1.807) is 5.56 Å². The van der Waals surface area contributed by atoms with Crippen LogP contribution in [0.25, 0.3) is 0 Å². The van der Waals surface area contributed by atoms with Gasteiger partial charge >= 0.3 is 0 Å². The van der Waals surface area contributed by atoms with Gasteiger partial charge in [-0.2, -0.15) is 0 Å². The molecule has 1 heteroatoms. The third kappa shape index (κ3) is 0.721. The molecule has 0 bridgehead atoms. The smallest absolute Gasteiger partial charge is 0.0122 e. The average molecular weight is 159 g/mol. The van der Waals surface area contributed by atoms with Gasteiger partial charge in [0.2, 0.25) is 0 Å². The van der Waals surface area contributed by atoms with Gasteiger partial charge in [-0.15, -0.1) is 0 Å². The van der Waals surface area contributed by atoms with E-state index >= 15 is 0 Å². The van der Waals surface area contributed by atoms with Crippen molar-refractivity contribution in [3.8, 4) is 0 Å². The second kappa shape index (κ2) is 2.11. The minimum absolute atomic E-state index is 0.543. The van der Waals surface area contributed by atoms with Gasteiger partial charge in [-0.25, -0.2) is 0 Å². The van der Waals surface area contributed by atoms with Crippen LogP contribution >= 0.6 is 0 Å². The predicted molar refractivity (Wildman–Crippen MR) is 49.1 cm³/mol. The number of nitrogens with one attached hydrogen (secondary N) is 1. The van der Waals surface area contributed by atoms with Gasteiger partial charge in [0.05, 0.1) is 0 Å². The van der Waals surface area contributed by atoms with Crippen LogP contribution in [0.5, 0.6) is 0 Å². The quantitative estimate of drug-likeness (QED) is 0.655. The summed E-state index contributed by atoms with van der Waals surface area (Å²) in [6, 6.07) is 10.9. The van der Waals surface area contributed by atoms with E-state index in [-0.39, 0.29) is 0 Å². The van der Waals surface area contributed by atoms with Crippen LogP contribution in [0.1, 0.15) is 12.0 Å².